The van der Waals surface area contributed by atoms with Gasteiger partial charge in [0, 0.05) is 6.04 Å². The van der Waals surface area contributed by atoms with Crippen molar-refractivity contribution in [3.05, 3.63) is 0 Å². The van der Waals surface area contributed by atoms with Crippen molar-refractivity contribution in [1.82, 2.24) is 10.2 Å². The highest BCUT2D eigenvalue weighted by Gasteiger charge is 2.58. The Morgan fingerprint density at radius 2 is 1.95 bits per heavy atom. The van der Waals surface area contributed by atoms with Crippen molar-refractivity contribution in [3.8, 4) is 0 Å². The Morgan fingerprint density at radius 1 is 1.37 bits per heavy atom. The topological polar surface area (TPSA) is 104 Å². The zero-order valence-corrected chi connectivity index (χ0v) is 10.8. The molecule has 7 heteroatoms. The van der Waals surface area contributed by atoms with Crippen molar-refractivity contribution >= 4 is 23.7 Å². The van der Waals surface area contributed by atoms with Crippen LogP contribution in [0.2, 0.25) is 0 Å². The second-order valence-corrected chi connectivity index (χ2v) is 5.31. The standard InChI is InChI=1S/C12H16N2O5/c1-6(2)14-8(15)5-7(9(14)16)13-10(17)12(3-4-12)11(18)19/h6-7H,3-5H2,1-2H3,(H,13,17)(H,18,19)/t7-/m1/s1. The number of aliphatic carboxylic acids is 1. The molecule has 0 aromatic carbocycles. The molecule has 0 bridgehead atoms. The van der Waals surface area contributed by atoms with E-state index in [1.54, 1.807) is 13.8 Å². The summed E-state index contributed by atoms with van der Waals surface area (Å²) >= 11 is 0. The maximum atomic E-state index is 12.0. The van der Waals surface area contributed by atoms with Crippen molar-refractivity contribution in [2.75, 3.05) is 0 Å². The van der Waals surface area contributed by atoms with Gasteiger partial charge in [-0.2, -0.15) is 0 Å². The second-order valence-electron chi connectivity index (χ2n) is 5.31. The van der Waals surface area contributed by atoms with Crippen LogP contribution < -0.4 is 5.32 Å². The minimum Gasteiger partial charge on any atom is -0.480 e. The Bertz CT molecular complexity index is 467. The van der Waals surface area contributed by atoms with Gasteiger partial charge < -0.3 is 10.4 Å². The molecule has 104 valence electrons. The lowest BCUT2D eigenvalue weighted by Crippen LogP contribution is -2.47. The summed E-state index contributed by atoms with van der Waals surface area (Å²) in [4.78, 5) is 47.6. The third kappa shape index (κ3) is 2.09. The molecule has 19 heavy (non-hydrogen) atoms. The summed E-state index contributed by atoms with van der Waals surface area (Å²) in [5.41, 5.74) is -1.39. The molecule has 1 heterocycles. The van der Waals surface area contributed by atoms with E-state index in [-0.39, 0.29) is 31.2 Å². The number of nitrogens with zero attached hydrogens (tertiary/aromatic N) is 1. The quantitative estimate of drug-likeness (QED) is 0.528. The molecule has 0 aromatic rings. The molecule has 1 atom stereocenters. The fraction of sp³-hybridized carbons (Fsp3) is 0.667. The average Bonchev–Trinajstić information content (AvgIpc) is 3.03. The summed E-state index contributed by atoms with van der Waals surface area (Å²) < 4.78 is 0. The van der Waals surface area contributed by atoms with Crippen LogP contribution in [0.15, 0.2) is 0 Å². The molecule has 0 radical (unpaired) electrons. The average molecular weight is 268 g/mol. The first-order valence-corrected chi connectivity index (χ1v) is 6.20. The smallest absolute Gasteiger partial charge is 0.319 e. The van der Waals surface area contributed by atoms with Crippen LogP contribution in [0.1, 0.15) is 33.1 Å². The van der Waals surface area contributed by atoms with Crippen LogP contribution in [0.4, 0.5) is 0 Å². The molecule has 1 saturated heterocycles. The number of nitrogens with one attached hydrogen (secondary N) is 1. The van der Waals surface area contributed by atoms with Crippen molar-refractivity contribution in [2.45, 2.75) is 45.2 Å². The van der Waals surface area contributed by atoms with E-state index in [4.69, 9.17) is 5.11 Å². The number of imide groups is 1. The van der Waals surface area contributed by atoms with Gasteiger partial charge in [0.15, 0.2) is 0 Å². The minimum atomic E-state index is -1.39. The highest BCUT2D eigenvalue weighted by Crippen LogP contribution is 2.46. The maximum Gasteiger partial charge on any atom is 0.319 e. The molecule has 1 aliphatic heterocycles. The van der Waals surface area contributed by atoms with E-state index < -0.39 is 29.2 Å². The molecular weight excluding hydrogens is 252 g/mol. The van der Waals surface area contributed by atoms with Crippen LogP contribution in [0.3, 0.4) is 0 Å². The predicted molar refractivity (Wildman–Crippen MR) is 62.8 cm³/mol. The van der Waals surface area contributed by atoms with Crippen LogP contribution in [0, 0.1) is 5.41 Å². The zero-order chi connectivity index (χ0) is 14.4. The highest BCUT2D eigenvalue weighted by molar-refractivity contribution is 6.10. The minimum absolute atomic E-state index is 0.0988. The molecule has 0 aromatic heterocycles. The van der Waals surface area contributed by atoms with Crippen molar-refractivity contribution < 1.29 is 24.3 Å². The lowest BCUT2D eigenvalue weighted by molar-refractivity contribution is -0.150. The van der Waals surface area contributed by atoms with Gasteiger partial charge in [-0.3, -0.25) is 24.1 Å². The van der Waals surface area contributed by atoms with Gasteiger partial charge in [0.05, 0.1) is 6.42 Å². The van der Waals surface area contributed by atoms with E-state index in [0.717, 1.165) is 4.90 Å². The predicted octanol–water partition coefficient (Wildman–Crippen LogP) is -0.497. The lowest BCUT2D eigenvalue weighted by Gasteiger charge is -2.19. The Balaban J connectivity index is 2.06. The van der Waals surface area contributed by atoms with Crippen LogP contribution in [-0.4, -0.2) is 45.8 Å². The third-order valence-electron chi connectivity index (χ3n) is 3.60. The van der Waals surface area contributed by atoms with E-state index in [1.807, 2.05) is 0 Å². The first kappa shape index (κ1) is 13.5. The van der Waals surface area contributed by atoms with Gasteiger partial charge in [0.1, 0.15) is 11.5 Å². The van der Waals surface area contributed by atoms with E-state index in [2.05, 4.69) is 5.32 Å². The summed E-state index contributed by atoms with van der Waals surface area (Å²) in [6, 6.07) is -1.20. The van der Waals surface area contributed by atoms with Gasteiger partial charge in [-0.1, -0.05) is 0 Å². The van der Waals surface area contributed by atoms with Crippen LogP contribution in [0.5, 0.6) is 0 Å². The second kappa shape index (κ2) is 4.32. The largest absolute Gasteiger partial charge is 0.480 e. The fourth-order valence-electron chi connectivity index (χ4n) is 2.27. The van der Waals surface area contributed by atoms with Gasteiger partial charge in [-0.05, 0) is 26.7 Å². The van der Waals surface area contributed by atoms with E-state index in [9.17, 15) is 19.2 Å². The molecule has 7 nitrogen and oxygen atoms in total. The summed E-state index contributed by atoms with van der Waals surface area (Å²) in [6.07, 6.45) is 0.451. The Labute approximate surface area is 109 Å². The van der Waals surface area contributed by atoms with Crippen LogP contribution >= 0.6 is 0 Å². The van der Waals surface area contributed by atoms with Gasteiger partial charge in [-0.25, -0.2) is 0 Å². The molecule has 2 aliphatic rings. The number of carboxylic acid groups (broad SMARTS) is 1. The molecule has 1 aliphatic carbocycles. The fourth-order valence-corrected chi connectivity index (χ4v) is 2.27. The maximum absolute atomic E-state index is 12.0. The van der Waals surface area contributed by atoms with Crippen molar-refractivity contribution in [3.63, 3.8) is 0 Å². The van der Waals surface area contributed by atoms with Crippen molar-refractivity contribution in [2.24, 2.45) is 5.41 Å². The normalized spacial score (nSPS) is 24.8. The molecule has 1 saturated carbocycles. The molecule has 2 fully saturated rings. The molecule has 2 rings (SSSR count). The number of carboxylic acids is 1. The van der Waals surface area contributed by atoms with Crippen LogP contribution in [0.25, 0.3) is 0 Å². The van der Waals surface area contributed by atoms with E-state index >= 15 is 0 Å². The molecule has 0 unspecified atom stereocenters. The zero-order valence-electron chi connectivity index (χ0n) is 10.8. The first-order chi connectivity index (χ1) is 8.79. The van der Waals surface area contributed by atoms with E-state index in [0.29, 0.717) is 0 Å². The number of amides is 3. The Kier molecular flexibility index (Phi) is 3.07. The summed E-state index contributed by atoms with van der Waals surface area (Å²) in [5, 5.41) is 11.4. The van der Waals surface area contributed by atoms with Gasteiger partial charge in [0.2, 0.25) is 11.8 Å². The van der Waals surface area contributed by atoms with Gasteiger partial charge in [-0.15, -0.1) is 0 Å². The molecule has 3 amide bonds. The first-order valence-electron chi connectivity index (χ1n) is 6.20. The van der Waals surface area contributed by atoms with Gasteiger partial charge in [0.25, 0.3) is 5.91 Å². The number of likely N-dealkylation sites (tertiary alicyclic amines) is 1. The molecule has 2 N–H and O–H groups in total. The number of hydrogen-bond acceptors (Lipinski definition) is 4. The Hall–Kier alpha value is -1.92. The number of rotatable bonds is 4. The van der Waals surface area contributed by atoms with Crippen molar-refractivity contribution in [1.29, 1.82) is 0 Å². The van der Waals surface area contributed by atoms with Crippen LogP contribution in [-0.2, 0) is 19.2 Å². The monoisotopic (exact) mass is 268 g/mol. The molecule has 0 spiro atoms. The summed E-state index contributed by atoms with van der Waals surface area (Å²) in [7, 11) is 0. The highest BCUT2D eigenvalue weighted by atomic mass is 16.4. The SMILES string of the molecule is CC(C)N1C(=O)C[C@@H](NC(=O)C2(C(=O)O)CC2)C1=O. The summed E-state index contributed by atoms with van der Waals surface area (Å²) in [5.74, 6) is -2.65. The number of hydrogen-bond donors (Lipinski definition) is 2. The number of carbonyl (C=O) groups excluding carboxylic acids is 3. The van der Waals surface area contributed by atoms with E-state index in [1.165, 1.54) is 0 Å². The number of carbonyl (C=O) groups is 4. The molecular formula is C12H16N2O5. The lowest BCUT2D eigenvalue weighted by atomic mass is 10.1. The Morgan fingerprint density at radius 3 is 2.32 bits per heavy atom. The third-order valence-corrected chi connectivity index (χ3v) is 3.60. The summed E-state index contributed by atoms with van der Waals surface area (Å²) in [6.45, 7) is 3.42. The van der Waals surface area contributed by atoms with Gasteiger partial charge >= 0.3 is 5.97 Å².